The van der Waals surface area contributed by atoms with E-state index < -0.39 is 10.0 Å². The molecule has 0 spiro atoms. The molecule has 2 rings (SSSR count). The zero-order valence-corrected chi connectivity index (χ0v) is 14.6. The minimum absolute atomic E-state index is 0.336. The average Bonchev–Trinajstić information content (AvgIpc) is 2.81. The summed E-state index contributed by atoms with van der Waals surface area (Å²) in [5, 5.41) is 0. The molecule has 0 aliphatic carbocycles. The molecule has 1 fully saturated rings. The van der Waals surface area contributed by atoms with Crippen LogP contribution >= 0.6 is 38.9 Å². The van der Waals surface area contributed by atoms with Crippen LogP contribution in [-0.4, -0.2) is 50.3 Å². The highest BCUT2D eigenvalue weighted by atomic mass is 79.9. The molecule has 4 nitrogen and oxygen atoms in total. The average molecular weight is 388 g/mol. The molecule has 0 amide bonds. The number of alkyl halides is 1. The number of hydrogen-bond acceptors (Lipinski definition) is 4. The van der Waals surface area contributed by atoms with Gasteiger partial charge >= 0.3 is 0 Å². The van der Waals surface area contributed by atoms with E-state index in [4.69, 9.17) is 11.6 Å². The number of thiophene rings is 1. The first-order valence-corrected chi connectivity index (χ1v) is 9.64. The van der Waals surface area contributed by atoms with Crippen LogP contribution in [0.15, 0.2) is 14.7 Å². The van der Waals surface area contributed by atoms with Gasteiger partial charge in [-0.1, -0.05) is 6.92 Å². The molecular weight excluding hydrogens is 372 g/mol. The number of hydrogen-bond donors (Lipinski definition) is 0. The Kier molecular flexibility index (Phi) is 5.30. The summed E-state index contributed by atoms with van der Waals surface area (Å²) in [6, 6.07) is 1.67. The van der Waals surface area contributed by atoms with E-state index in [1.807, 2.05) is 0 Å². The van der Waals surface area contributed by atoms with Gasteiger partial charge in [-0.3, -0.25) is 0 Å². The SMILES string of the molecule is CCN1CCN(S(=O)(=O)c2cc(CCl)sc2Br)CC1. The third-order valence-corrected chi connectivity index (χ3v) is 7.83. The standard InChI is InChI=1S/C11H16BrClN2O2S2/c1-2-14-3-5-15(6-4-14)19(16,17)10-7-9(8-13)18-11(10)12/h7H,2-6,8H2,1H3. The highest BCUT2D eigenvalue weighted by Gasteiger charge is 2.30. The van der Waals surface area contributed by atoms with Gasteiger partial charge in [0, 0.05) is 31.1 Å². The first-order valence-electron chi connectivity index (χ1n) is 6.05. The third kappa shape index (κ3) is 3.33. The van der Waals surface area contributed by atoms with Crippen molar-refractivity contribution >= 4 is 48.9 Å². The maximum atomic E-state index is 12.6. The maximum absolute atomic E-state index is 12.6. The van der Waals surface area contributed by atoms with Crippen LogP contribution < -0.4 is 0 Å². The van der Waals surface area contributed by atoms with Crippen LogP contribution in [0.5, 0.6) is 0 Å². The predicted molar refractivity (Wildman–Crippen MR) is 82.4 cm³/mol. The molecule has 0 bridgehead atoms. The summed E-state index contributed by atoms with van der Waals surface area (Å²) >= 11 is 10.5. The Morgan fingerprint density at radius 1 is 1.37 bits per heavy atom. The van der Waals surface area contributed by atoms with E-state index in [-0.39, 0.29) is 0 Å². The summed E-state index contributed by atoms with van der Waals surface area (Å²) in [5.41, 5.74) is 0. The van der Waals surface area contributed by atoms with Gasteiger partial charge in [-0.25, -0.2) is 8.42 Å². The number of nitrogens with zero attached hydrogens (tertiary/aromatic N) is 2. The number of rotatable bonds is 4. The minimum Gasteiger partial charge on any atom is -0.301 e. The second-order valence-corrected chi connectivity index (χ2v) is 8.95. The molecule has 0 N–H and O–H groups in total. The smallest absolute Gasteiger partial charge is 0.245 e. The lowest BCUT2D eigenvalue weighted by Gasteiger charge is -2.33. The van der Waals surface area contributed by atoms with Gasteiger partial charge in [0.1, 0.15) is 4.90 Å². The second-order valence-electron chi connectivity index (χ2n) is 4.32. The Labute approximate surface area is 131 Å². The summed E-state index contributed by atoms with van der Waals surface area (Å²) in [5.74, 6) is 0.336. The molecular formula is C11H16BrClN2O2S2. The van der Waals surface area contributed by atoms with E-state index in [1.165, 1.54) is 11.3 Å². The zero-order chi connectivity index (χ0) is 14.0. The largest absolute Gasteiger partial charge is 0.301 e. The summed E-state index contributed by atoms with van der Waals surface area (Å²) in [6.07, 6.45) is 0. The molecule has 0 unspecified atom stereocenters. The molecule has 2 heterocycles. The topological polar surface area (TPSA) is 40.6 Å². The van der Waals surface area contributed by atoms with Crippen molar-refractivity contribution in [3.05, 3.63) is 14.7 Å². The maximum Gasteiger partial charge on any atom is 0.245 e. The number of sulfonamides is 1. The normalized spacial score (nSPS) is 18.9. The van der Waals surface area contributed by atoms with Crippen molar-refractivity contribution in [2.75, 3.05) is 32.7 Å². The van der Waals surface area contributed by atoms with E-state index in [1.54, 1.807) is 10.4 Å². The second kappa shape index (κ2) is 6.41. The highest BCUT2D eigenvalue weighted by Crippen LogP contribution is 2.34. The zero-order valence-electron chi connectivity index (χ0n) is 10.6. The van der Waals surface area contributed by atoms with Crippen molar-refractivity contribution in [1.82, 2.24) is 9.21 Å². The van der Waals surface area contributed by atoms with Crippen molar-refractivity contribution in [3.63, 3.8) is 0 Å². The van der Waals surface area contributed by atoms with Gasteiger partial charge in [-0.15, -0.1) is 22.9 Å². The fourth-order valence-electron chi connectivity index (χ4n) is 2.06. The molecule has 0 saturated carbocycles. The predicted octanol–water partition coefficient (Wildman–Crippen LogP) is 2.58. The van der Waals surface area contributed by atoms with Crippen LogP contribution in [0.1, 0.15) is 11.8 Å². The van der Waals surface area contributed by atoms with Crippen molar-refractivity contribution < 1.29 is 8.42 Å². The highest BCUT2D eigenvalue weighted by molar-refractivity contribution is 9.11. The molecule has 1 aliphatic rings. The van der Waals surface area contributed by atoms with E-state index >= 15 is 0 Å². The molecule has 1 saturated heterocycles. The van der Waals surface area contributed by atoms with Gasteiger partial charge in [-0.2, -0.15) is 4.31 Å². The Balaban J connectivity index is 2.20. The molecule has 1 aliphatic heterocycles. The third-order valence-electron chi connectivity index (χ3n) is 3.23. The number of likely N-dealkylation sites (N-methyl/N-ethyl adjacent to an activating group) is 1. The lowest BCUT2D eigenvalue weighted by atomic mass is 10.4. The molecule has 108 valence electrons. The van der Waals surface area contributed by atoms with E-state index in [0.717, 1.165) is 24.5 Å². The Morgan fingerprint density at radius 2 is 2.00 bits per heavy atom. The van der Waals surface area contributed by atoms with Crippen molar-refractivity contribution in [2.24, 2.45) is 0 Å². The van der Waals surface area contributed by atoms with Crippen LogP contribution in [0, 0.1) is 0 Å². The van der Waals surface area contributed by atoms with Crippen molar-refractivity contribution in [2.45, 2.75) is 17.7 Å². The molecule has 1 aromatic rings. The Morgan fingerprint density at radius 3 is 2.47 bits per heavy atom. The van der Waals surface area contributed by atoms with Gasteiger partial charge in [0.05, 0.1) is 9.67 Å². The van der Waals surface area contributed by atoms with Crippen LogP contribution in [0.3, 0.4) is 0 Å². The van der Waals surface area contributed by atoms with Crippen LogP contribution in [0.4, 0.5) is 0 Å². The number of halogens is 2. The first kappa shape index (κ1) is 15.7. The van der Waals surface area contributed by atoms with Gasteiger partial charge in [0.25, 0.3) is 0 Å². The Bertz CT molecular complexity index is 539. The monoisotopic (exact) mass is 386 g/mol. The number of piperazine rings is 1. The molecule has 1 aromatic heterocycles. The van der Waals surface area contributed by atoms with Gasteiger partial charge in [-0.05, 0) is 28.5 Å². The van der Waals surface area contributed by atoms with Gasteiger partial charge in [0.15, 0.2) is 0 Å². The molecule has 0 radical (unpaired) electrons. The summed E-state index contributed by atoms with van der Waals surface area (Å²) in [6.45, 7) is 5.74. The lowest BCUT2D eigenvalue weighted by Crippen LogP contribution is -2.48. The summed E-state index contributed by atoms with van der Waals surface area (Å²) in [4.78, 5) is 3.45. The quantitative estimate of drug-likeness (QED) is 0.746. The van der Waals surface area contributed by atoms with Gasteiger partial charge in [0.2, 0.25) is 10.0 Å². The fourth-order valence-corrected chi connectivity index (χ4v) is 6.21. The van der Waals surface area contributed by atoms with Crippen LogP contribution in [0.25, 0.3) is 0 Å². The molecule has 8 heteroatoms. The van der Waals surface area contributed by atoms with Crippen LogP contribution in [-0.2, 0) is 15.9 Å². The lowest BCUT2D eigenvalue weighted by molar-refractivity contribution is 0.196. The van der Waals surface area contributed by atoms with E-state index in [0.29, 0.717) is 27.7 Å². The molecule has 0 aromatic carbocycles. The molecule has 19 heavy (non-hydrogen) atoms. The minimum atomic E-state index is -3.40. The first-order chi connectivity index (χ1) is 8.98. The Hall–Kier alpha value is 0.340. The summed E-state index contributed by atoms with van der Waals surface area (Å²) in [7, 11) is -3.40. The van der Waals surface area contributed by atoms with Crippen molar-refractivity contribution in [3.8, 4) is 0 Å². The van der Waals surface area contributed by atoms with Crippen molar-refractivity contribution in [1.29, 1.82) is 0 Å². The fraction of sp³-hybridized carbons (Fsp3) is 0.636. The van der Waals surface area contributed by atoms with Gasteiger partial charge < -0.3 is 4.90 Å². The van der Waals surface area contributed by atoms with E-state index in [9.17, 15) is 8.42 Å². The molecule has 0 atom stereocenters. The van der Waals surface area contributed by atoms with Crippen LogP contribution in [0.2, 0.25) is 0 Å². The summed E-state index contributed by atoms with van der Waals surface area (Å²) < 4.78 is 27.3. The van der Waals surface area contributed by atoms with E-state index in [2.05, 4.69) is 27.8 Å².